The Morgan fingerprint density at radius 2 is 2.38 bits per heavy atom. The minimum absolute atomic E-state index is 0.290. The molecule has 0 aliphatic rings. The highest BCUT2D eigenvalue weighted by Crippen LogP contribution is 2.22. The third-order valence-corrected chi connectivity index (χ3v) is 3.39. The van der Waals surface area contributed by atoms with E-state index in [1.54, 1.807) is 11.8 Å². The molecule has 0 spiro atoms. The number of ether oxygens (including phenoxy) is 1. The lowest BCUT2D eigenvalue weighted by atomic mass is 10.3. The molecule has 1 heterocycles. The first-order chi connectivity index (χ1) is 7.58. The number of rotatable bonds is 5. The zero-order chi connectivity index (χ0) is 12.1. The number of thioether (sulfide) groups is 1. The van der Waals surface area contributed by atoms with Crippen molar-refractivity contribution in [1.29, 1.82) is 0 Å². The van der Waals surface area contributed by atoms with Crippen LogP contribution in [0.25, 0.3) is 0 Å². The van der Waals surface area contributed by atoms with Crippen molar-refractivity contribution in [1.82, 2.24) is 0 Å². The molecule has 1 atom stereocenters. The lowest BCUT2D eigenvalue weighted by molar-refractivity contribution is 0.0562. The average Bonchev–Trinajstić information content (AvgIpc) is 2.66. The van der Waals surface area contributed by atoms with Gasteiger partial charge in [-0.3, -0.25) is 0 Å². The van der Waals surface area contributed by atoms with Gasteiger partial charge in [-0.2, -0.15) is 0 Å². The van der Waals surface area contributed by atoms with Crippen LogP contribution in [-0.4, -0.2) is 24.9 Å². The first-order valence-corrected chi connectivity index (χ1v) is 6.12. The van der Waals surface area contributed by atoms with Crippen LogP contribution in [0.3, 0.4) is 0 Å². The van der Waals surface area contributed by atoms with Gasteiger partial charge in [0.25, 0.3) is 0 Å². The van der Waals surface area contributed by atoms with E-state index in [0.717, 1.165) is 17.1 Å². The number of esters is 1. The zero-order valence-electron chi connectivity index (χ0n) is 9.78. The van der Waals surface area contributed by atoms with Crippen molar-refractivity contribution in [2.75, 3.05) is 13.7 Å². The van der Waals surface area contributed by atoms with Crippen molar-refractivity contribution >= 4 is 17.7 Å². The predicted octanol–water partition coefficient (Wildman–Crippen LogP) is 1.96. The Labute approximate surface area is 99.5 Å². The Bertz CT molecular complexity index is 362. The number of aryl methyl sites for hydroxylation is 1. The molecule has 1 aromatic rings. The zero-order valence-corrected chi connectivity index (χ0v) is 10.6. The van der Waals surface area contributed by atoms with Crippen LogP contribution in [0.15, 0.2) is 10.5 Å². The van der Waals surface area contributed by atoms with E-state index in [0.29, 0.717) is 17.6 Å². The number of hydrogen-bond donors (Lipinski definition) is 1. The Hall–Kier alpha value is -0.940. The maximum Gasteiger partial charge on any atom is 0.374 e. The normalized spacial score (nSPS) is 12.5. The summed E-state index contributed by atoms with van der Waals surface area (Å²) < 4.78 is 10.0. The summed E-state index contributed by atoms with van der Waals surface area (Å²) in [7, 11) is 1.34. The highest BCUT2D eigenvalue weighted by atomic mass is 32.2. The molecule has 0 amide bonds. The van der Waals surface area contributed by atoms with Crippen molar-refractivity contribution in [3.8, 4) is 0 Å². The minimum atomic E-state index is -0.430. The summed E-state index contributed by atoms with van der Waals surface area (Å²) in [6.07, 6.45) is 0. The van der Waals surface area contributed by atoms with Crippen LogP contribution in [0.5, 0.6) is 0 Å². The maximum atomic E-state index is 11.3. The van der Waals surface area contributed by atoms with E-state index in [2.05, 4.69) is 11.7 Å². The summed E-state index contributed by atoms with van der Waals surface area (Å²) in [5.74, 6) is 1.36. The van der Waals surface area contributed by atoms with Crippen LogP contribution >= 0.6 is 11.8 Å². The molecule has 90 valence electrons. The van der Waals surface area contributed by atoms with Gasteiger partial charge in [0.2, 0.25) is 5.76 Å². The van der Waals surface area contributed by atoms with Gasteiger partial charge >= 0.3 is 5.97 Å². The van der Waals surface area contributed by atoms with E-state index in [9.17, 15) is 4.79 Å². The number of furan rings is 1. The average molecular weight is 243 g/mol. The standard InChI is InChI=1S/C11H17NO3S/c1-7-4-9(6-16-8(2)5-12)15-10(7)11(13)14-3/h4,8H,5-6,12H2,1-3H3. The summed E-state index contributed by atoms with van der Waals surface area (Å²) in [5, 5.41) is 0.381. The lowest BCUT2D eigenvalue weighted by Gasteiger charge is -2.05. The van der Waals surface area contributed by atoms with Crippen LogP contribution in [0.2, 0.25) is 0 Å². The largest absolute Gasteiger partial charge is 0.463 e. The summed E-state index contributed by atoms with van der Waals surface area (Å²) in [6.45, 7) is 4.52. The van der Waals surface area contributed by atoms with Crippen molar-refractivity contribution in [3.63, 3.8) is 0 Å². The lowest BCUT2D eigenvalue weighted by Crippen LogP contribution is -2.12. The van der Waals surface area contributed by atoms with Crippen molar-refractivity contribution < 1.29 is 13.9 Å². The van der Waals surface area contributed by atoms with Crippen LogP contribution in [0.1, 0.15) is 28.8 Å². The molecule has 5 heteroatoms. The molecule has 1 aromatic heterocycles. The van der Waals surface area contributed by atoms with Gasteiger partial charge in [0.15, 0.2) is 0 Å². The minimum Gasteiger partial charge on any atom is -0.463 e. The van der Waals surface area contributed by atoms with E-state index in [-0.39, 0.29) is 0 Å². The molecule has 0 bridgehead atoms. The summed E-state index contributed by atoms with van der Waals surface area (Å²) in [5.41, 5.74) is 6.32. The highest BCUT2D eigenvalue weighted by Gasteiger charge is 2.16. The van der Waals surface area contributed by atoms with Gasteiger partial charge in [0.1, 0.15) is 5.76 Å². The molecule has 2 N–H and O–H groups in total. The molecular weight excluding hydrogens is 226 g/mol. The number of hydrogen-bond acceptors (Lipinski definition) is 5. The van der Waals surface area contributed by atoms with Gasteiger partial charge < -0.3 is 14.9 Å². The molecular formula is C11H17NO3S. The van der Waals surface area contributed by atoms with Crippen molar-refractivity contribution in [3.05, 3.63) is 23.2 Å². The molecule has 0 radical (unpaired) electrons. The van der Waals surface area contributed by atoms with E-state index in [1.807, 2.05) is 13.0 Å². The maximum absolute atomic E-state index is 11.3. The molecule has 0 aliphatic carbocycles. The fraction of sp³-hybridized carbons (Fsp3) is 0.545. The Morgan fingerprint density at radius 3 is 2.94 bits per heavy atom. The van der Waals surface area contributed by atoms with Gasteiger partial charge in [-0.25, -0.2) is 4.79 Å². The molecule has 1 unspecified atom stereocenters. The number of methoxy groups -OCH3 is 1. The van der Waals surface area contributed by atoms with Crippen LogP contribution in [0.4, 0.5) is 0 Å². The fourth-order valence-corrected chi connectivity index (χ4v) is 1.93. The van der Waals surface area contributed by atoms with Gasteiger partial charge in [0, 0.05) is 17.4 Å². The van der Waals surface area contributed by atoms with E-state index < -0.39 is 5.97 Å². The van der Waals surface area contributed by atoms with Crippen LogP contribution in [-0.2, 0) is 10.5 Å². The molecule has 0 aliphatic heterocycles. The first kappa shape index (κ1) is 13.1. The van der Waals surface area contributed by atoms with Gasteiger partial charge in [-0.05, 0) is 13.0 Å². The first-order valence-electron chi connectivity index (χ1n) is 5.07. The second kappa shape index (κ2) is 5.96. The number of carbonyl (C=O) groups is 1. The third-order valence-electron chi connectivity index (χ3n) is 2.18. The fourth-order valence-electron chi connectivity index (χ4n) is 1.21. The van der Waals surface area contributed by atoms with E-state index >= 15 is 0 Å². The van der Waals surface area contributed by atoms with Crippen LogP contribution in [0, 0.1) is 6.92 Å². The van der Waals surface area contributed by atoms with Crippen molar-refractivity contribution in [2.24, 2.45) is 5.73 Å². The molecule has 0 fully saturated rings. The summed E-state index contributed by atoms with van der Waals surface area (Å²) >= 11 is 1.70. The van der Waals surface area contributed by atoms with Gasteiger partial charge in [0.05, 0.1) is 12.9 Å². The topological polar surface area (TPSA) is 65.5 Å². The molecule has 0 saturated carbocycles. The Balaban J connectivity index is 2.66. The second-order valence-corrected chi connectivity index (χ2v) is 5.00. The SMILES string of the molecule is COC(=O)c1oc(CSC(C)CN)cc1C. The third kappa shape index (κ3) is 3.28. The smallest absolute Gasteiger partial charge is 0.374 e. The second-order valence-electron chi connectivity index (χ2n) is 3.57. The number of carbonyl (C=O) groups excluding carboxylic acids is 1. The monoisotopic (exact) mass is 243 g/mol. The predicted molar refractivity (Wildman–Crippen MR) is 64.6 cm³/mol. The molecule has 0 saturated heterocycles. The van der Waals surface area contributed by atoms with E-state index in [1.165, 1.54) is 7.11 Å². The highest BCUT2D eigenvalue weighted by molar-refractivity contribution is 7.99. The van der Waals surface area contributed by atoms with E-state index in [4.69, 9.17) is 10.2 Å². The van der Waals surface area contributed by atoms with Gasteiger partial charge in [-0.1, -0.05) is 6.92 Å². The number of nitrogens with two attached hydrogens (primary N) is 1. The van der Waals surface area contributed by atoms with Crippen molar-refractivity contribution in [2.45, 2.75) is 24.9 Å². The Morgan fingerprint density at radius 1 is 1.69 bits per heavy atom. The quantitative estimate of drug-likeness (QED) is 0.801. The molecule has 1 rings (SSSR count). The van der Waals surface area contributed by atoms with Gasteiger partial charge in [-0.15, -0.1) is 11.8 Å². The summed E-state index contributed by atoms with van der Waals surface area (Å²) in [4.78, 5) is 11.3. The summed E-state index contributed by atoms with van der Waals surface area (Å²) in [6, 6.07) is 1.86. The van der Waals surface area contributed by atoms with Crippen LogP contribution < -0.4 is 5.73 Å². The Kier molecular flexibility index (Phi) is 4.89. The molecule has 4 nitrogen and oxygen atoms in total. The molecule has 0 aromatic carbocycles. The molecule has 16 heavy (non-hydrogen) atoms.